The molecule has 3 rings (SSSR count). The molecule has 0 saturated carbocycles. The third kappa shape index (κ3) is 5.18. The molecule has 1 atom stereocenters. The van der Waals surface area contributed by atoms with Gasteiger partial charge >= 0.3 is 5.97 Å². The number of aliphatic carboxylic acids is 1. The SMILES string of the molecule is CC[C@@H](Oc1ccc(S(=O)(=O)c2ccc(OCc3ccccc3)cc2)cc1)C(=O)O. The van der Waals surface area contributed by atoms with Gasteiger partial charge in [-0.15, -0.1) is 0 Å². The van der Waals surface area contributed by atoms with E-state index in [4.69, 9.17) is 14.6 Å². The first-order valence-corrected chi connectivity index (χ1v) is 10.9. The molecular weight excluding hydrogens is 404 g/mol. The molecule has 1 N–H and O–H groups in total. The van der Waals surface area contributed by atoms with Crippen LogP contribution in [0.2, 0.25) is 0 Å². The zero-order chi connectivity index (χ0) is 21.6. The van der Waals surface area contributed by atoms with Crippen molar-refractivity contribution in [3.8, 4) is 11.5 Å². The van der Waals surface area contributed by atoms with E-state index in [9.17, 15) is 13.2 Å². The third-order valence-corrected chi connectivity index (χ3v) is 6.23. The predicted octanol–water partition coefficient (Wildman–Crippen LogP) is 4.34. The lowest BCUT2D eigenvalue weighted by Crippen LogP contribution is -2.25. The lowest BCUT2D eigenvalue weighted by molar-refractivity contribution is -0.145. The number of benzene rings is 3. The van der Waals surface area contributed by atoms with Gasteiger partial charge in [0.1, 0.15) is 18.1 Å². The van der Waals surface area contributed by atoms with Crippen molar-refractivity contribution in [3.63, 3.8) is 0 Å². The van der Waals surface area contributed by atoms with Crippen LogP contribution in [0.15, 0.2) is 88.7 Å². The molecule has 0 unspecified atom stereocenters. The van der Waals surface area contributed by atoms with Crippen LogP contribution >= 0.6 is 0 Å². The number of hydrogen-bond acceptors (Lipinski definition) is 5. The molecule has 0 aliphatic rings. The topological polar surface area (TPSA) is 89.9 Å². The number of carboxylic acids is 1. The first-order valence-electron chi connectivity index (χ1n) is 9.41. The lowest BCUT2D eigenvalue weighted by atomic mass is 10.2. The Kier molecular flexibility index (Phi) is 6.74. The summed E-state index contributed by atoms with van der Waals surface area (Å²) in [6.45, 7) is 2.09. The molecule has 7 heteroatoms. The summed E-state index contributed by atoms with van der Waals surface area (Å²) in [5.41, 5.74) is 1.02. The Morgan fingerprint density at radius 2 is 1.40 bits per heavy atom. The van der Waals surface area contributed by atoms with E-state index in [1.54, 1.807) is 19.1 Å². The van der Waals surface area contributed by atoms with E-state index in [-0.39, 0.29) is 9.79 Å². The molecule has 3 aromatic carbocycles. The quantitative estimate of drug-likeness (QED) is 0.547. The smallest absolute Gasteiger partial charge is 0.344 e. The highest BCUT2D eigenvalue weighted by atomic mass is 32.2. The molecule has 0 aliphatic carbocycles. The zero-order valence-electron chi connectivity index (χ0n) is 16.4. The van der Waals surface area contributed by atoms with Gasteiger partial charge in [-0.1, -0.05) is 37.3 Å². The molecule has 0 radical (unpaired) electrons. The average molecular weight is 426 g/mol. The highest BCUT2D eigenvalue weighted by Crippen LogP contribution is 2.25. The van der Waals surface area contributed by atoms with Crippen LogP contribution in [0.5, 0.6) is 11.5 Å². The molecule has 156 valence electrons. The summed E-state index contributed by atoms with van der Waals surface area (Å²) < 4.78 is 36.7. The summed E-state index contributed by atoms with van der Waals surface area (Å²) in [4.78, 5) is 11.3. The molecule has 3 aromatic rings. The molecule has 6 nitrogen and oxygen atoms in total. The Labute approximate surface area is 175 Å². The van der Waals surface area contributed by atoms with E-state index in [1.165, 1.54) is 36.4 Å². The Bertz CT molecular complexity index is 1070. The van der Waals surface area contributed by atoms with Crippen molar-refractivity contribution in [2.75, 3.05) is 0 Å². The molecule has 30 heavy (non-hydrogen) atoms. The van der Waals surface area contributed by atoms with E-state index in [1.807, 2.05) is 30.3 Å². The van der Waals surface area contributed by atoms with E-state index >= 15 is 0 Å². The molecule has 0 spiro atoms. The summed E-state index contributed by atoms with van der Waals surface area (Å²) >= 11 is 0. The van der Waals surface area contributed by atoms with Gasteiger partial charge in [0.2, 0.25) is 9.84 Å². The van der Waals surface area contributed by atoms with Gasteiger partial charge in [-0.25, -0.2) is 13.2 Å². The molecule has 0 heterocycles. The fourth-order valence-corrected chi connectivity index (χ4v) is 4.02. The van der Waals surface area contributed by atoms with Gasteiger partial charge in [0.15, 0.2) is 6.10 Å². The minimum Gasteiger partial charge on any atom is -0.489 e. The van der Waals surface area contributed by atoms with Crippen molar-refractivity contribution in [1.82, 2.24) is 0 Å². The van der Waals surface area contributed by atoms with Gasteiger partial charge in [0.25, 0.3) is 0 Å². The fraction of sp³-hybridized carbons (Fsp3) is 0.174. The Balaban J connectivity index is 1.69. The van der Waals surface area contributed by atoms with Gasteiger partial charge in [0.05, 0.1) is 9.79 Å². The van der Waals surface area contributed by atoms with Crippen LogP contribution in [-0.4, -0.2) is 25.6 Å². The Morgan fingerprint density at radius 1 is 0.867 bits per heavy atom. The van der Waals surface area contributed by atoms with Crippen molar-refractivity contribution in [1.29, 1.82) is 0 Å². The largest absolute Gasteiger partial charge is 0.489 e. The number of carbonyl (C=O) groups is 1. The van der Waals surface area contributed by atoms with Crippen molar-refractivity contribution in [3.05, 3.63) is 84.4 Å². The minimum atomic E-state index is -3.72. The maximum absolute atomic E-state index is 12.8. The zero-order valence-corrected chi connectivity index (χ0v) is 17.2. The highest BCUT2D eigenvalue weighted by Gasteiger charge is 2.20. The highest BCUT2D eigenvalue weighted by molar-refractivity contribution is 7.91. The number of ether oxygens (including phenoxy) is 2. The third-order valence-electron chi connectivity index (χ3n) is 4.44. The Hall–Kier alpha value is -3.32. The molecule has 0 aliphatic heterocycles. The molecule has 0 amide bonds. The number of sulfone groups is 1. The van der Waals surface area contributed by atoms with Gasteiger partial charge < -0.3 is 14.6 Å². The number of hydrogen-bond donors (Lipinski definition) is 1. The van der Waals surface area contributed by atoms with Crippen LogP contribution < -0.4 is 9.47 Å². The van der Waals surface area contributed by atoms with E-state index < -0.39 is 21.9 Å². The minimum absolute atomic E-state index is 0.0937. The second-order valence-electron chi connectivity index (χ2n) is 6.57. The normalized spacial score (nSPS) is 12.2. The van der Waals surface area contributed by atoms with Gasteiger partial charge in [0, 0.05) is 0 Å². The van der Waals surface area contributed by atoms with Crippen molar-refractivity contribution in [2.24, 2.45) is 0 Å². The first kappa shape index (κ1) is 21.4. The summed E-state index contributed by atoms with van der Waals surface area (Å²) in [5, 5.41) is 9.06. The lowest BCUT2D eigenvalue weighted by Gasteiger charge is -2.13. The number of carboxylic acid groups (broad SMARTS) is 1. The molecular formula is C23H22O6S. The van der Waals surface area contributed by atoms with E-state index in [2.05, 4.69) is 0 Å². The van der Waals surface area contributed by atoms with Gasteiger partial charge in [-0.05, 0) is 60.5 Å². The maximum Gasteiger partial charge on any atom is 0.344 e. The fourth-order valence-electron chi connectivity index (χ4n) is 2.76. The maximum atomic E-state index is 12.8. The predicted molar refractivity (Wildman–Crippen MR) is 111 cm³/mol. The number of rotatable bonds is 9. The van der Waals surface area contributed by atoms with Crippen LogP contribution in [0.1, 0.15) is 18.9 Å². The summed E-state index contributed by atoms with van der Waals surface area (Å²) in [6, 6.07) is 21.6. The van der Waals surface area contributed by atoms with Crippen LogP contribution in [0, 0.1) is 0 Å². The monoisotopic (exact) mass is 426 g/mol. The first-order chi connectivity index (χ1) is 14.4. The summed E-state index contributed by atoms with van der Waals surface area (Å²) in [6.07, 6.45) is -0.676. The van der Waals surface area contributed by atoms with Gasteiger partial charge in [-0.3, -0.25) is 0 Å². The molecule has 0 saturated heterocycles. The van der Waals surface area contributed by atoms with Crippen molar-refractivity contribution in [2.45, 2.75) is 35.8 Å². The van der Waals surface area contributed by atoms with Crippen molar-refractivity contribution >= 4 is 15.8 Å². The summed E-state index contributed by atoms with van der Waals surface area (Å²) in [7, 11) is -3.72. The molecule has 0 fully saturated rings. The van der Waals surface area contributed by atoms with E-state index in [0.29, 0.717) is 24.5 Å². The second-order valence-corrected chi connectivity index (χ2v) is 8.52. The van der Waals surface area contributed by atoms with Crippen LogP contribution in [0.4, 0.5) is 0 Å². The molecule has 0 aromatic heterocycles. The van der Waals surface area contributed by atoms with Crippen LogP contribution in [-0.2, 0) is 21.2 Å². The van der Waals surface area contributed by atoms with Crippen LogP contribution in [0.3, 0.4) is 0 Å². The van der Waals surface area contributed by atoms with E-state index in [0.717, 1.165) is 5.56 Å². The average Bonchev–Trinajstić information content (AvgIpc) is 2.77. The summed E-state index contributed by atoms with van der Waals surface area (Å²) in [5.74, 6) is -0.197. The molecule has 0 bridgehead atoms. The Morgan fingerprint density at radius 3 is 1.90 bits per heavy atom. The van der Waals surface area contributed by atoms with Crippen LogP contribution in [0.25, 0.3) is 0 Å². The van der Waals surface area contributed by atoms with Crippen molar-refractivity contribution < 1.29 is 27.8 Å². The second kappa shape index (κ2) is 9.45. The van der Waals surface area contributed by atoms with Gasteiger partial charge in [-0.2, -0.15) is 0 Å². The standard InChI is InChI=1S/C23H22O6S/c1-2-22(23(24)25)29-19-10-14-21(15-11-19)30(26,27)20-12-8-18(9-13-20)28-16-17-6-4-3-5-7-17/h3-15,22H,2,16H2,1H3,(H,24,25)/t22-/m1/s1.